The van der Waals surface area contributed by atoms with Crippen molar-refractivity contribution >= 4 is 11.9 Å². The molecule has 1 aliphatic carbocycles. The van der Waals surface area contributed by atoms with Gasteiger partial charge in [0, 0.05) is 5.56 Å². The summed E-state index contributed by atoms with van der Waals surface area (Å²) in [6.07, 6.45) is 4.70. The van der Waals surface area contributed by atoms with Gasteiger partial charge in [-0.1, -0.05) is 26.2 Å². The number of hydrogen-bond donors (Lipinski definition) is 2. The molecule has 1 amide bonds. The van der Waals surface area contributed by atoms with E-state index in [4.69, 9.17) is 4.74 Å². The number of unbranched alkanes of at least 4 members (excludes halogenated alkanes) is 1. The molecule has 0 spiro atoms. The molecule has 5 heteroatoms. The second-order valence-electron chi connectivity index (χ2n) is 5.77. The lowest BCUT2D eigenvalue weighted by Gasteiger charge is -2.25. The molecule has 1 aliphatic rings. The summed E-state index contributed by atoms with van der Waals surface area (Å²) in [6, 6.07) is 6.82. The Balaban J connectivity index is 1.99. The summed E-state index contributed by atoms with van der Waals surface area (Å²) in [5, 5.41) is 12.1. The Bertz CT molecular complexity index is 518. The van der Waals surface area contributed by atoms with Crippen molar-refractivity contribution in [2.75, 3.05) is 6.61 Å². The van der Waals surface area contributed by atoms with Crippen molar-refractivity contribution in [2.45, 2.75) is 51.0 Å². The van der Waals surface area contributed by atoms with Crippen molar-refractivity contribution in [3.05, 3.63) is 29.8 Å². The summed E-state index contributed by atoms with van der Waals surface area (Å²) in [5.41, 5.74) is -0.650. The van der Waals surface area contributed by atoms with Crippen LogP contribution in [0.25, 0.3) is 0 Å². The standard InChI is InChI=1S/C17H23NO4/c1-2-3-12-22-14-8-6-13(7-9-14)15(19)18-17(16(20)21)10-4-5-11-17/h6-9H,2-5,10-12H2,1H3,(H,18,19)(H,20,21). The summed E-state index contributed by atoms with van der Waals surface area (Å²) < 4.78 is 5.55. The van der Waals surface area contributed by atoms with Gasteiger partial charge in [-0.25, -0.2) is 4.79 Å². The predicted octanol–water partition coefficient (Wildman–Crippen LogP) is 2.99. The van der Waals surface area contributed by atoms with Crippen LogP contribution in [-0.2, 0) is 4.79 Å². The lowest BCUT2D eigenvalue weighted by molar-refractivity contribution is -0.144. The van der Waals surface area contributed by atoms with Crippen LogP contribution in [0, 0.1) is 0 Å². The van der Waals surface area contributed by atoms with Crippen LogP contribution in [0.2, 0.25) is 0 Å². The maximum Gasteiger partial charge on any atom is 0.329 e. The molecule has 1 fully saturated rings. The zero-order valence-corrected chi connectivity index (χ0v) is 12.9. The van der Waals surface area contributed by atoms with Crippen molar-refractivity contribution < 1.29 is 19.4 Å². The van der Waals surface area contributed by atoms with Gasteiger partial charge in [-0.05, 0) is 43.5 Å². The molecule has 0 bridgehead atoms. The molecule has 0 aromatic heterocycles. The predicted molar refractivity (Wildman–Crippen MR) is 83.1 cm³/mol. The number of hydrogen-bond acceptors (Lipinski definition) is 3. The fraction of sp³-hybridized carbons (Fsp3) is 0.529. The number of aliphatic carboxylic acids is 1. The number of carboxylic acid groups (broad SMARTS) is 1. The molecule has 2 N–H and O–H groups in total. The highest BCUT2D eigenvalue weighted by atomic mass is 16.5. The van der Waals surface area contributed by atoms with Crippen LogP contribution in [0.1, 0.15) is 55.8 Å². The summed E-state index contributed by atoms with van der Waals surface area (Å²) in [4.78, 5) is 23.7. The van der Waals surface area contributed by atoms with Crippen LogP contribution in [-0.4, -0.2) is 29.1 Å². The highest BCUT2D eigenvalue weighted by Crippen LogP contribution is 2.30. The van der Waals surface area contributed by atoms with Gasteiger partial charge in [0.1, 0.15) is 11.3 Å². The second kappa shape index (κ2) is 7.29. The summed E-state index contributed by atoms with van der Waals surface area (Å²) in [7, 11) is 0. The molecule has 1 aromatic rings. The molecule has 0 saturated heterocycles. The molecule has 0 heterocycles. The largest absolute Gasteiger partial charge is 0.494 e. The van der Waals surface area contributed by atoms with Crippen LogP contribution < -0.4 is 10.1 Å². The van der Waals surface area contributed by atoms with Gasteiger partial charge in [-0.3, -0.25) is 4.79 Å². The molecule has 0 aliphatic heterocycles. The van der Waals surface area contributed by atoms with Crippen LogP contribution >= 0.6 is 0 Å². The molecule has 0 unspecified atom stereocenters. The van der Waals surface area contributed by atoms with Crippen molar-refractivity contribution in [1.29, 1.82) is 0 Å². The Morgan fingerprint density at radius 3 is 2.41 bits per heavy atom. The molecular formula is C17H23NO4. The first kappa shape index (κ1) is 16.3. The molecule has 120 valence electrons. The molecular weight excluding hydrogens is 282 g/mol. The summed E-state index contributed by atoms with van der Waals surface area (Å²) in [6.45, 7) is 2.75. The molecule has 1 saturated carbocycles. The number of nitrogens with one attached hydrogen (secondary N) is 1. The fourth-order valence-electron chi connectivity index (χ4n) is 2.70. The van der Waals surface area contributed by atoms with Crippen LogP contribution in [0.3, 0.4) is 0 Å². The number of amides is 1. The van der Waals surface area contributed by atoms with Gasteiger partial charge in [0.25, 0.3) is 5.91 Å². The quantitative estimate of drug-likeness (QED) is 0.759. The maximum absolute atomic E-state index is 12.3. The third kappa shape index (κ3) is 3.78. The van der Waals surface area contributed by atoms with E-state index in [-0.39, 0.29) is 5.91 Å². The zero-order valence-electron chi connectivity index (χ0n) is 12.9. The first-order valence-electron chi connectivity index (χ1n) is 7.86. The Hall–Kier alpha value is -2.04. The Kier molecular flexibility index (Phi) is 5.41. The average molecular weight is 305 g/mol. The number of carbonyl (C=O) groups excluding carboxylic acids is 1. The Morgan fingerprint density at radius 1 is 1.23 bits per heavy atom. The number of carbonyl (C=O) groups is 2. The highest BCUT2D eigenvalue weighted by Gasteiger charge is 2.42. The number of carboxylic acids is 1. The molecule has 0 radical (unpaired) electrons. The van der Waals surface area contributed by atoms with E-state index in [1.54, 1.807) is 24.3 Å². The lowest BCUT2D eigenvalue weighted by atomic mass is 9.97. The van der Waals surface area contributed by atoms with Crippen molar-refractivity contribution in [3.63, 3.8) is 0 Å². The molecule has 5 nitrogen and oxygen atoms in total. The van der Waals surface area contributed by atoms with Crippen LogP contribution in [0.15, 0.2) is 24.3 Å². The SMILES string of the molecule is CCCCOc1ccc(C(=O)NC2(C(=O)O)CCCC2)cc1. The van der Waals surface area contributed by atoms with E-state index in [1.807, 2.05) is 0 Å². The van der Waals surface area contributed by atoms with E-state index in [2.05, 4.69) is 12.2 Å². The normalized spacial score (nSPS) is 16.2. The molecule has 2 rings (SSSR count). The van der Waals surface area contributed by atoms with E-state index in [1.165, 1.54) is 0 Å². The van der Waals surface area contributed by atoms with E-state index in [9.17, 15) is 14.7 Å². The van der Waals surface area contributed by atoms with Gasteiger partial charge in [0.2, 0.25) is 0 Å². The third-order valence-corrected chi connectivity index (χ3v) is 4.10. The molecule has 0 atom stereocenters. The minimum atomic E-state index is -1.10. The van der Waals surface area contributed by atoms with E-state index >= 15 is 0 Å². The highest BCUT2D eigenvalue weighted by molar-refractivity contribution is 5.98. The monoisotopic (exact) mass is 305 g/mol. The molecule has 1 aromatic carbocycles. The van der Waals surface area contributed by atoms with Gasteiger partial charge in [0.05, 0.1) is 6.61 Å². The molecule has 22 heavy (non-hydrogen) atoms. The fourth-order valence-corrected chi connectivity index (χ4v) is 2.70. The smallest absolute Gasteiger partial charge is 0.329 e. The van der Waals surface area contributed by atoms with E-state index in [0.717, 1.165) is 31.4 Å². The minimum Gasteiger partial charge on any atom is -0.494 e. The van der Waals surface area contributed by atoms with Crippen LogP contribution in [0.5, 0.6) is 5.75 Å². The zero-order chi connectivity index (χ0) is 16.0. The van der Waals surface area contributed by atoms with Gasteiger partial charge in [-0.2, -0.15) is 0 Å². The third-order valence-electron chi connectivity index (χ3n) is 4.10. The Labute approximate surface area is 130 Å². The number of rotatable bonds is 7. The Morgan fingerprint density at radius 2 is 1.86 bits per heavy atom. The van der Waals surface area contributed by atoms with Gasteiger partial charge in [-0.15, -0.1) is 0 Å². The van der Waals surface area contributed by atoms with Crippen molar-refractivity contribution in [1.82, 2.24) is 5.32 Å². The second-order valence-corrected chi connectivity index (χ2v) is 5.77. The van der Waals surface area contributed by atoms with Crippen molar-refractivity contribution in [3.8, 4) is 5.75 Å². The minimum absolute atomic E-state index is 0.343. The number of ether oxygens (including phenoxy) is 1. The average Bonchev–Trinajstić information content (AvgIpc) is 2.98. The summed E-state index contributed by atoms with van der Waals surface area (Å²) >= 11 is 0. The van der Waals surface area contributed by atoms with Gasteiger partial charge in [0.15, 0.2) is 0 Å². The van der Waals surface area contributed by atoms with Crippen molar-refractivity contribution in [2.24, 2.45) is 0 Å². The maximum atomic E-state index is 12.3. The number of benzene rings is 1. The first-order valence-corrected chi connectivity index (χ1v) is 7.86. The topological polar surface area (TPSA) is 75.6 Å². The van der Waals surface area contributed by atoms with E-state index < -0.39 is 11.5 Å². The van der Waals surface area contributed by atoms with Gasteiger partial charge < -0.3 is 15.2 Å². The first-order chi connectivity index (χ1) is 10.6. The van der Waals surface area contributed by atoms with Gasteiger partial charge >= 0.3 is 5.97 Å². The van der Waals surface area contributed by atoms with E-state index in [0.29, 0.717) is 25.0 Å². The summed E-state index contributed by atoms with van der Waals surface area (Å²) in [5.74, 6) is -0.568. The van der Waals surface area contributed by atoms with Crippen LogP contribution in [0.4, 0.5) is 0 Å². The lowest BCUT2D eigenvalue weighted by Crippen LogP contribution is -2.52.